The zero-order chi connectivity index (χ0) is 7.84. The molecule has 2 aliphatic heterocycles. The molecule has 0 radical (unpaired) electrons. The lowest BCUT2D eigenvalue weighted by Crippen LogP contribution is -2.55. The molecule has 2 heterocycles. The van der Waals surface area contributed by atoms with E-state index in [9.17, 15) is 9.59 Å². The van der Waals surface area contributed by atoms with Gasteiger partial charge in [-0.05, 0) is 0 Å². The minimum atomic E-state index is -0.546. The number of imide groups is 1. The fourth-order valence-corrected chi connectivity index (χ4v) is 0.927. The lowest BCUT2D eigenvalue weighted by Gasteiger charge is -2.16. The number of amides is 3. The summed E-state index contributed by atoms with van der Waals surface area (Å²) in [5, 5.41) is 11.5. The Balaban J connectivity index is 2.31. The van der Waals surface area contributed by atoms with Crippen molar-refractivity contribution in [1.29, 1.82) is 0 Å². The van der Waals surface area contributed by atoms with E-state index in [-0.39, 0.29) is 5.91 Å². The summed E-state index contributed by atoms with van der Waals surface area (Å²) in [6.45, 7) is 0. The molecule has 0 unspecified atom stereocenters. The predicted molar refractivity (Wildman–Crippen MR) is 36.1 cm³/mol. The van der Waals surface area contributed by atoms with Crippen molar-refractivity contribution < 1.29 is 9.59 Å². The van der Waals surface area contributed by atoms with Crippen LogP contribution in [0.25, 0.3) is 0 Å². The minimum absolute atomic E-state index is 0.304. The van der Waals surface area contributed by atoms with Crippen LogP contribution in [0.15, 0.2) is 10.2 Å². The summed E-state index contributed by atoms with van der Waals surface area (Å²) in [4.78, 5) is 21.6. The first-order valence-electron chi connectivity index (χ1n) is 3.00. The fourth-order valence-electron chi connectivity index (χ4n) is 0.927. The summed E-state index contributed by atoms with van der Waals surface area (Å²) in [5.41, 5.74) is 0. The first kappa shape index (κ1) is 6.02. The van der Waals surface area contributed by atoms with Crippen molar-refractivity contribution in [3.8, 4) is 0 Å². The third kappa shape index (κ3) is 0.794. The van der Waals surface area contributed by atoms with Gasteiger partial charge in [0.2, 0.25) is 5.91 Å². The van der Waals surface area contributed by atoms with Crippen LogP contribution in [0.4, 0.5) is 4.79 Å². The highest BCUT2D eigenvalue weighted by Crippen LogP contribution is 2.06. The number of rotatable bonds is 0. The molecule has 0 aromatic carbocycles. The third-order valence-corrected chi connectivity index (χ3v) is 1.44. The second kappa shape index (κ2) is 1.88. The normalized spacial score (nSPS) is 27.3. The maximum atomic E-state index is 10.9. The molecule has 0 aromatic heterocycles. The van der Waals surface area contributed by atoms with Gasteiger partial charge >= 0.3 is 6.03 Å². The number of nitrogens with one attached hydrogen (secondary N) is 2. The van der Waals surface area contributed by atoms with Crippen LogP contribution in [0.1, 0.15) is 0 Å². The van der Waals surface area contributed by atoms with Crippen LogP contribution in [0.5, 0.6) is 0 Å². The smallest absolute Gasteiger partial charge is 0.293 e. The molecule has 0 aliphatic carbocycles. The van der Waals surface area contributed by atoms with Crippen LogP contribution < -0.4 is 10.6 Å². The number of fused-ring (bicyclic) bond motifs is 1. The molecule has 0 saturated carbocycles. The molecule has 56 valence electrons. The van der Waals surface area contributed by atoms with E-state index in [4.69, 9.17) is 0 Å². The standard InChI is InChI=1S/C5H4N4O2/c10-4-2-1-6-9-3(2)7-5(11)8-4/h1-2H,(H2,7,8,9,10,11)/t2-/m0/s1. The van der Waals surface area contributed by atoms with Gasteiger partial charge in [0.05, 0.1) is 0 Å². The maximum absolute atomic E-state index is 10.9. The maximum Gasteiger partial charge on any atom is 0.326 e. The van der Waals surface area contributed by atoms with E-state index in [0.29, 0.717) is 5.84 Å². The molecule has 1 fully saturated rings. The van der Waals surface area contributed by atoms with E-state index in [0.717, 1.165) is 0 Å². The quantitative estimate of drug-likeness (QED) is 0.459. The average Bonchev–Trinajstić information content (AvgIpc) is 2.34. The highest BCUT2D eigenvalue weighted by atomic mass is 16.2. The Hall–Kier alpha value is -1.72. The molecule has 6 heteroatoms. The lowest BCUT2D eigenvalue weighted by atomic mass is 10.1. The zero-order valence-corrected chi connectivity index (χ0v) is 5.37. The Bertz CT molecular complexity index is 293. The molecular formula is C5H4N4O2. The molecule has 2 aliphatic rings. The Morgan fingerprint density at radius 3 is 3.00 bits per heavy atom. The van der Waals surface area contributed by atoms with Crippen LogP contribution in [0.2, 0.25) is 0 Å². The average molecular weight is 152 g/mol. The van der Waals surface area contributed by atoms with Gasteiger partial charge in [-0.3, -0.25) is 15.4 Å². The van der Waals surface area contributed by atoms with Crippen LogP contribution in [-0.2, 0) is 4.79 Å². The van der Waals surface area contributed by atoms with Crippen LogP contribution in [0.3, 0.4) is 0 Å². The minimum Gasteiger partial charge on any atom is -0.293 e. The van der Waals surface area contributed by atoms with Crippen molar-refractivity contribution in [2.75, 3.05) is 0 Å². The van der Waals surface area contributed by atoms with Crippen molar-refractivity contribution >= 4 is 24.0 Å². The third-order valence-electron chi connectivity index (χ3n) is 1.44. The molecule has 2 N–H and O–H groups in total. The van der Waals surface area contributed by atoms with Crippen LogP contribution in [0, 0.1) is 5.92 Å². The SMILES string of the molecule is O=C1NC(=O)[C@H]2C=NN=C2N1. The van der Waals surface area contributed by atoms with Gasteiger partial charge in [0.25, 0.3) is 0 Å². The molecule has 1 saturated heterocycles. The summed E-state index contributed by atoms with van der Waals surface area (Å²) in [6, 6.07) is -0.546. The van der Waals surface area contributed by atoms with E-state index < -0.39 is 11.9 Å². The molecule has 2 rings (SSSR count). The first-order chi connectivity index (χ1) is 5.27. The molecule has 11 heavy (non-hydrogen) atoms. The topological polar surface area (TPSA) is 82.9 Å². The number of urea groups is 1. The van der Waals surface area contributed by atoms with Gasteiger partial charge in [-0.25, -0.2) is 4.79 Å². The van der Waals surface area contributed by atoms with Gasteiger partial charge < -0.3 is 0 Å². The first-order valence-corrected chi connectivity index (χ1v) is 3.00. The van der Waals surface area contributed by atoms with E-state index in [1.807, 2.05) is 0 Å². The lowest BCUT2D eigenvalue weighted by molar-refractivity contribution is -0.120. The highest BCUT2D eigenvalue weighted by molar-refractivity contribution is 6.26. The summed E-state index contributed by atoms with van der Waals surface area (Å²) in [7, 11) is 0. The number of carbonyl (C=O) groups excluding carboxylic acids is 2. The molecule has 0 spiro atoms. The Morgan fingerprint density at radius 1 is 1.36 bits per heavy atom. The summed E-state index contributed by atoms with van der Waals surface area (Å²) < 4.78 is 0. The van der Waals surface area contributed by atoms with Gasteiger partial charge in [0.15, 0.2) is 5.84 Å². The van der Waals surface area contributed by atoms with Gasteiger partial charge in [-0.15, -0.1) is 5.10 Å². The fraction of sp³-hybridized carbons (Fsp3) is 0.200. The second-order valence-corrected chi connectivity index (χ2v) is 2.17. The van der Waals surface area contributed by atoms with Gasteiger partial charge in [0.1, 0.15) is 5.92 Å². The van der Waals surface area contributed by atoms with E-state index in [2.05, 4.69) is 20.8 Å². The number of hydrogen-bond donors (Lipinski definition) is 2. The summed E-state index contributed by atoms with van der Waals surface area (Å²) >= 11 is 0. The van der Waals surface area contributed by atoms with Gasteiger partial charge in [-0.1, -0.05) is 0 Å². The highest BCUT2D eigenvalue weighted by Gasteiger charge is 2.33. The Labute approximate surface area is 61.4 Å². The Kier molecular flexibility index (Phi) is 1.03. The Morgan fingerprint density at radius 2 is 2.18 bits per heavy atom. The van der Waals surface area contributed by atoms with Crippen LogP contribution >= 0.6 is 0 Å². The monoisotopic (exact) mass is 152 g/mol. The van der Waals surface area contributed by atoms with Crippen molar-refractivity contribution in [3.05, 3.63) is 0 Å². The van der Waals surface area contributed by atoms with E-state index in [1.165, 1.54) is 6.21 Å². The second-order valence-electron chi connectivity index (χ2n) is 2.17. The molecule has 0 aromatic rings. The number of carbonyl (C=O) groups is 2. The number of amidine groups is 1. The largest absolute Gasteiger partial charge is 0.326 e. The van der Waals surface area contributed by atoms with Crippen molar-refractivity contribution in [1.82, 2.24) is 10.6 Å². The molecule has 1 atom stereocenters. The zero-order valence-electron chi connectivity index (χ0n) is 5.37. The van der Waals surface area contributed by atoms with Gasteiger partial charge in [0, 0.05) is 6.21 Å². The van der Waals surface area contributed by atoms with Crippen molar-refractivity contribution in [3.63, 3.8) is 0 Å². The van der Waals surface area contributed by atoms with Crippen molar-refractivity contribution in [2.45, 2.75) is 0 Å². The molecule has 3 amide bonds. The molecule has 6 nitrogen and oxygen atoms in total. The van der Waals surface area contributed by atoms with Gasteiger partial charge in [-0.2, -0.15) is 5.10 Å². The van der Waals surface area contributed by atoms with Crippen molar-refractivity contribution in [2.24, 2.45) is 16.1 Å². The van der Waals surface area contributed by atoms with Crippen LogP contribution in [-0.4, -0.2) is 24.0 Å². The molecular weight excluding hydrogens is 148 g/mol. The number of hydrogen-bond acceptors (Lipinski definition) is 4. The summed E-state index contributed by atoms with van der Waals surface area (Å²) in [5.74, 6) is -0.583. The summed E-state index contributed by atoms with van der Waals surface area (Å²) in [6.07, 6.45) is 1.38. The van der Waals surface area contributed by atoms with E-state index in [1.54, 1.807) is 0 Å². The van der Waals surface area contributed by atoms with E-state index >= 15 is 0 Å². The molecule has 0 bridgehead atoms. The number of nitrogens with zero attached hydrogens (tertiary/aromatic N) is 2. The predicted octanol–water partition coefficient (Wildman–Crippen LogP) is -1.16.